The molecule has 4 heteroatoms. The van der Waals surface area contributed by atoms with E-state index < -0.39 is 0 Å². The summed E-state index contributed by atoms with van der Waals surface area (Å²) in [4.78, 5) is 2.16. The van der Waals surface area contributed by atoms with Crippen molar-refractivity contribution in [1.29, 1.82) is 0 Å². The molecule has 0 radical (unpaired) electrons. The van der Waals surface area contributed by atoms with Crippen molar-refractivity contribution in [3.63, 3.8) is 0 Å². The van der Waals surface area contributed by atoms with E-state index in [0.717, 1.165) is 24.5 Å². The predicted octanol–water partition coefficient (Wildman–Crippen LogP) is 0.682. The molecule has 0 fully saturated rings. The van der Waals surface area contributed by atoms with Gasteiger partial charge >= 0.3 is 0 Å². The molecule has 0 saturated heterocycles. The van der Waals surface area contributed by atoms with Crippen LogP contribution in [0.25, 0.3) is 0 Å². The molecule has 0 amide bonds. The van der Waals surface area contributed by atoms with Crippen LogP contribution < -0.4 is 5.73 Å². The molecule has 0 unspecified atom stereocenters. The molecule has 0 bridgehead atoms. The number of nitrogens with two attached hydrogens (primary N) is 1. The lowest BCUT2D eigenvalue weighted by Crippen LogP contribution is -2.25. The van der Waals surface area contributed by atoms with Crippen LogP contribution in [0.3, 0.4) is 0 Å². The number of hydrogen-bond acceptors (Lipinski definition) is 4. The molecule has 1 aromatic rings. The van der Waals surface area contributed by atoms with Crippen molar-refractivity contribution in [3.8, 4) is 0 Å². The summed E-state index contributed by atoms with van der Waals surface area (Å²) in [5, 5.41) is 3.90. The minimum Gasteiger partial charge on any atom is -0.361 e. The quantitative estimate of drug-likeness (QED) is 0.746. The SMILES string of the molecule is Cc1noc(C)c1CN(C)CCN. The van der Waals surface area contributed by atoms with Crippen LogP contribution in [0.2, 0.25) is 0 Å². The minimum atomic E-state index is 0.680. The molecular formula is C9H17N3O. The van der Waals surface area contributed by atoms with Gasteiger partial charge in [0.1, 0.15) is 5.76 Å². The highest BCUT2D eigenvalue weighted by Gasteiger charge is 2.10. The van der Waals surface area contributed by atoms with Crippen LogP contribution in [0.4, 0.5) is 0 Å². The highest BCUT2D eigenvalue weighted by molar-refractivity contribution is 5.20. The van der Waals surface area contributed by atoms with Gasteiger partial charge in [-0.3, -0.25) is 0 Å². The Morgan fingerprint density at radius 1 is 1.46 bits per heavy atom. The fourth-order valence-corrected chi connectivity index (χ4v) is 1.30. The normalized spacial score (nSPS) is 11.2. The summed E-state index contributed by atoms with van der Waals surface area (Å²) in [7, 11) is 2.04. The van der Waals surface area contributed by atoms with Crippen molar-refractivity contribution in [3.05, 3.63) is 17.0 Å². The van der Waals surface area contributed by atoms with Crippen LogP contribution in [0, 0.1) is 13.8 Å². The second-order valence-corrected chi connectivity index (χ2v) is 3.33. The Morgan fingerprint density at radius 3 is 2.62 bits per heavy atom. The fourth-order valence-electron chi connectivity index (χ4n) is 1.30. The maximum absolute atomic E-state index is 5.45. The third-order valence-corrected chi connectivity index (χ3v) is 2.12. The van der Waals surface area contributed by atoms with Gasteiger partial charge in [0.2, 0.25) is 0 Å². The lowest BCUT2D eigenvalue weighted by molar-refractivity contribution is 0.331. The van der Waals surface area contributed by atoms with Crippen LogP contribution in [0.15, 0.2) is 4.52 Å². The van der Waals surface area contributed by atoms with Crippen LogP contribution in [-0.2, 0) is 6.54 Å². The summed E-state index contributed by atoms with van der Waals surface area (Å²) < 4.78 is 5.07. The summed E-state index contributed by atoms with van der Waals surface area (Å²) >= 11 is 0. The molecule has 0 aliphatic carbocycles. The zero-order valence-corrected chi connectivity index (χ0v) is 8.50. The smallest absolute Gasteiger partial charge is 0.138 e. The first kappa shape index (κ1) is 10.2. The highest BCUT2D eigenvalue weighted by Crippen LogP contribution is 2.13. The lowest BCUT2D eigenvalue weighted by atomic mass is 10.2. The van der Waals surface area contributed by atoms with Crippen molar-refractivity contribution in [2.24, 2.45) is 5.73 Å². The van der Waals surface area contributed by atoms with E-state index in [1.807, 2.05) is 20.9 Å². The topological polar surface area (TPSA) is 55.3 Å². The first-order valence-corrected chi connectivity index (χ1v) is 4.45. The maximum Gasteiger partial charge on any atom is 0.138 e. The Hall–Kier alpha value is -0.870. The zero-order chi connectivity index (χ0) is 9.84. The third-order valence-electron chi connectivity index (χ3n) is 2.12. The van der Waals surface area contributed by atoms with Crippen molar-refractivity contribution in [1.82, 2.24) is 10.1 Å². The first-order valence-electron chi connectivity index (χ1n) is 4.45. The van der Waals surface area contributed by atoms with Crippen molar-refractivity contribution in [2.45, 2.75) is 20.4 Å². The molecule has 4 nitrogen and oxygen atoms in total. The molecule has 1 heterocycles. The van der Waals surface area contributed by atoms with Crippen molar-refractivity contribution >= 4 is 0 Å². The van der Waals surface area contributed by atoms with E-state index in [9.17, 15) is 0 Å². The average Bonchev–Trinajstić information content (AvgIpc) is 2.36. The Labute approximate surface area is 78.7 Å². The monoisotopic (exact) mass is 183 g/mol. The van der Waals surface area contributed by atoms with E-state index in [0.29, 0.717) is 6.54 Å². The van der Waals surface area contributed by atoms with E-state index in [4.69, 9.17) is 10.3 Å². The minimum absolute atomic E-state index is 0.680. The average molecular weight is 183 g/mol. The van der Waals surface area contributed by atoms with Gasteiger partial charge in [-0.2, -0.15) is 0 Å². The summed E-state index contributed by atoms with van der Waals surface area (Å²) in [6, 6.07) is 0. The molecule has 0 spiro atoms. The van der Waals surface area contributed by atoms with Gasteiger partial charge in [0, 0.05) is 25.2 Å². The van der Waals surface area contributed by atoms with Gasteiger partial charge in [0.15, 0.2) is 0 Å². The Kier molecular flexibility index (Phi) is 3.45. The molecule has 74 valence electrons. The number of hydrogen-bond donors (Lipinski definition) is 1. The largest absolute Gasteiger partial charge is 0.361 e. The van der Waals surface area contributed by atoms with E-state index in [2.05, 4.69) is 10.1 Å². The van der Waals surface area contributed by atoms with Crippen LogP contribution in [0.1, 0.15) is 17.0 Å². The Balaban J connectivity index is 2.62. The van der Waals surface area contributed by atoms with Gasteiger partial charge < -0.3 is 15.2 Å². The molecule has 2 N–H and O–H groups in total. The Bertz CT molecular complexity index is 250. The summed E-state index contributed by atoms with van der Waals surface area (Å²) in [6.45, 7) is 6.33. The molecule has 1 aromatic heterocycles. The van der Waals surface area contributed by atoms with E-state index in [1.165, 1.54) is 5.56 Å². The summed E-state index contributed by atoms with van der Waals surface area (Å²) in [5.41, 5.74) is 7.60. The van der Waals surface area contributed by atoms with Crippen molar-refractivity contribution < 1.29 is 4.52 Å². The van der Waals surface area contributed by atoms with E-state index >= 15 is 0 Å². The molecule has 0 atom stereocenters. The molecule has 13 heavy (non-hydrogen) atoms. The van der Waals surface area contributed by atoms with Gasteiger partial charge in [-0.1, -0.05) is 5.16 Å². The number of aryl methyl sites for hydroxylation is 2. The van der Waals surface area contributed by atoms with Gasteiger partial charge in [0.05, 0.1) is 5.69 Å². The lowest BCUT2D eigenvalue weighted by Gasteiger charge is -2.14. The molecular weight excluding hydrogens is 166 g/mol. The van der Waals surface area contributed by atoms with E-state index in [-0.39, 0.29) is 0 Å². The number of nitrogens with zero attached hydrogens (tertiary/aromatic N) is 2. The van der Waals surface area contributed by atoms with E-state index in [1.54, 1.807) is 0 Å². The standard InChI is InChI=1S/C9H17N3O/c1-7-9(8(2)13-11-7)6-12(3)5-4-10/h4-6,10H2,1-3H3. The second kappa shape index (κ2) is 4.39. The van der Waals surface area contributed by atoms with Crippen molar-refractivity contribution in [2.75, 3.05) is 20.1 Å². The maximum atomic E-state index is 5.45. The first-order chi connectivity index (χ1) is 6.15. The summed E-state index contributed by atoms with van der Waals surface area (Å²) in [5.74, 6) is 0.904. The van der Waals surface area contributed by atoms with Gasteiger partial charge in [-0.05, 0) is 20.9 Å². The van der Waals surface area contributed by atoms with Gasteiger partial charge in [-0.25, -0.2) is 0 Å². The molecule has 1 rings (SSSR count). The van der Waals surface area contributed by atoms with Crippen LogP contribution >= 0.6 is 0 Å². The van der Waals surface area contributed by atoms with Gasteiger partial charge in [0.25, 0.3) is 0 Å². The number of rotatable bonds is 4. The second-order valence-electron chi connectivity index (χ2n) is 3.33. The third kappa shape index (κ3) is 2.54. The predicted molar refractivity (Wildman–Crippen MR) is 51.4 cm³/mol. The fraction of sp³-hybridized carbons (Fsp3) is 0.667. The van der Waals surface area contributed by atoms with Crippen LogP contribution in [0.5, 0.6) is 0 Å². The molecule has 0 saturated carbocycles. The molecule has 0 aromatic carbocycles. The van der Waals surface area contributed by atoms with Gasteiger partial charge in [-0.15, -0.1) is 0 Å². The van der Waals surface area contributed by atoms with Crippen LogP contribution in [-0.4, -0.2) is 30.2 Å². The zero-order valence-electron chi connectivity index (χ0n) is 8.50. The molecule has 0 aliphatic rings. The summed E-state index contributed by atoms with van der Waals surface area (Å²) in [6.07, 6.45) is 0. The number of likely N-dealkylation sites (N-methyl/N-ethyl adjacent to an activating group) is 1. The Morgan fingerprint density at radius 2 is 2.15 bits per heavy atom. The number of aromatic nitrogens is 1. The molecule has 0 aliphatic heterocycles. The highest BCUT2D eigenvalue weighted by atomic mass is 16.5.